The molecule has 0 amide bonds. The Morgan fingerprint density at radius 1 is 1.16 bits per heavy atom. The summed E-state index contributed by atoms with van der Waals surface area (Å²) in [7, 11) is 0. The predicted molar refractivity (Wildman–Crippen MR) is 81.6 cm³/mol. The van der Waals surface area contributed by atoms with Gasteiger partial charge in [0.2, 0.25) is 0 Å². The zero-order valence-corrected chi connectivity index (χ0v) is 12.1. The molecule has 2 nitrogen and oxygen atoms in total. The van der Waals surface area contributed by atoms with Crippen LogP contribution in [-0.4, -0.2) is 19.6 Å². The van der Waals surface area contributed by atoms with E-state index >= 15 is 0 Å². The van der Waals surface area contributed by atoms with Crippen LogP contribution in [0, 0.1) is 5.92 Å². The van der Waals surface area contributed by atoms with E-state index in [0.29, 0.717) is 6.04 Å². The molecule has 0 aromatic heterocycles. The van der Waals surface area contributed by atoms with Gasteiger partial charge in [0.1, 0.15) is 0 Å². The van der Waals surface area contributed by atoms with E-state index in [1.165, 1.54) is 56.4 Å². The Hall–Kier alpha value is -1.02. The first-order chi connectivity index (χ1) is 9.38. The SMILES string of the molecule is CCNC1CCCN(CC2CCC2)c2ccccc21. The van der Waals surface area contributed by atoms with E-state index in [0.717, 1.165) is 12.5 Å². The maximum absolute atomic E-state index is 3.66. The Bertz CT molecular complexity index is 411. The third-order valence-corrected chi connectivity index (χ3v) is 4.73. The summed E-state index contributed by atoms with van der Waals surface area (Å²) >= 11 is 0. The van der Waals surface area contributed by atoms with Crippen LogP contribution < -0.4 is 10.2 Å². The number of anilines is 1. The van der Waals surface area contributed by atoms with Crippen LogP contribution in [0.4, 0.5) is 5.69 Å². The smallest absolute Gasteiger partial charge is 0.0414 e. The lowest BCUT2D eigenvalue weighted by Crippen LogP contribution is -2.33. The zero-order chi connectivity index (χ0) is 13.1. The zero-order valence-electron chi connectivity index (χ0n) is 12.1. The molecule has 0 radical (unpaired) electrons. The molecular weight excluding hydrogens is 232 g/mol. The molecule has 2 heteroatoms. The van der Waals surface area contributed by atoms with E-state index < -0.39 is 0 Å². The number of nitrogens with zero attached hydrogens (tertiary/aromatic N) is 1. The molecular formula is C17H26N2. The van der Waals surface area contributed by atoms with E-state index in [1.807, 2.05) is 0 Å². The third-order valence-electron chi connectivity index (χ3n) is 4.73. The summed E-state index contributed by atoms with van der Waals surface area (Å²) in [5, 5.41) is 3.66. The molecule has 0 saturated heterocycles. The molecule has 19 heavy (non-hydrogen) atoms. The van der Waals surface area contributed by atoms with Crippen molar-refractivity contribution in [2.45, 2.75) is 45.1 Å². The summed E-state index contributed by atoms with van der Waals surface area (Å²) in [6.45, 7) is 5.77. The van der Waals surface area contributed by atoms with Crippen LogP contribution in [0.3, 0.4) is 0 Å². The topological polar surface area (TPSA) is 15.3 Å². The van der Waals surface area contributed by atoms with Crippen LogP contribution in [0.5, 0.6) is 0 Å². The number of benzene rings is 1. The minimum Gasteiger partial charge on any atom is -0.371 e. The lowest BCUT2D eigenvalue weighted by atomic mass is 9.85. The molecule has 1 aromatic carbocycles. The fourth-order valence-corrected chi connectivity index (χ4v) is 3.47. The summed E-state index contributed by atoms with van der Waals surface area (Å²) in [5.74, 6) is 0.948. The molecule has 1 saturated carbocycles. The van der Waals surface area contributed by atoms with Crippen molar-refractivity contribution in [1.82, 2.24) is 5.32 Å². The van der Waals surface area contributed by atoms with Gasteiger partial charge in [-0.25, -0.2) is 0 Å². The molecule has 2 aliphatic rings. The normalized spacial score (nSPS) is 23.6. The van der Waals surface area contributed by atoms with Gasteiger partial charge in [-0.2, -0.15) is 0 Å². The number of nitrogens with one attached hydrogen (secondary N) is 1. The van der Waals surface area contributed by atoms with E-state index in [1.54, 1.807) is 0 Å². The first-order valence-corrected chi connectivity index (χ1v) is 7.95. The highest BCUT2D eigenvalue weighted by atomic mass is 15.1. The van der Waals surface area contributed by atoms with Gasteiger partial charge in [-0.3, -0.25) is 0 Å². The summed E-state index contributed by atoms with van der Waals surface area (Å²) in [5.41, 5.74) is 3.00. The quantitative estimate of drug-likeness (QED) is 0.885. The van der Waals surface area contributed by atoms with Crippen molar-refractivity contribution >= 4 is 5.69 Å². The van der Waals surface area contributed by atoms with E-state index in [2.05, 4.69) is 41.4 Å². The highest BCUT2D eigenvalue weighted by Gasteiger charge is 2.25. The predicted octanol–water partition coefficient (Wildman–Crippen LogP) is 3.74. The molecule has 1 fully saturated rings. The van der Waals surface area contributed by atoms with Gasteiger partial charge in [0.15, 0.2) is 0 Å². The summed E-state index contributed by atoms with van der Waals surface area (Å²) < 4.78 is 0. The molecule has 0 bridgehead atoms. The maximum Gasteiger partial charge on any atom is 0.0414 e. The Labute approximate surface area is 117 Å². The molecule has 0 spiro atoms. The first kappa shape index (κ1) is 13.0. The minimum atomic E-state index is 0.549. The molecule has 1 aromatic rings. The highest BCUT2D eigenvalue weighted by molar-refractivity contribution is 5.56. The van der Waals surface area contributed by atoms with Crippen molar-refractivity contribution in [1.29, 1.82) is 0 Å². The van der Waals surface area contributed by atoms with Gasteiger partial charge in [-0.15, -0.1) is 0 Å². The number of rotatable bonds is 4. The second kappa shape index (κ2) is 5.96. The monoisotopic (exact) mass is 258 g/mol. The van der Waals surface area contributed by atoms with Crippen molar-refractivity contribution in [2.24, 2.45) is 5.92 Å². The number of para-hydroxylation sites is 1. The fourth-order valence-electron chi connectivity index (χ4n) is 3.47. The largest absolute Gasteiger partial charge is 0.371 e. The fraction of sp³-hybridized carbons (Fsp3) is 0.647. The van der Waals surface area contributed by atoms with Gasteiger partial charge in [-0.1, -0.05) is 31.5 Å². The van der Waals surface area contributed by atoms with E-state index in [4.69, 9.17) is 0 Å². The van der Waals surface area contributed by atoms with Gasteiger partial charge in [0.25, 0.3) is 0 Å². The molecule has 1 heterocycles. The Morgan fingerprint density at radius 3 is 2.74 bits per heavy atom. The lowest BCUT2D eigenvalue weighted by molar-refractivity contribution is 0.317. The number of hydrogen-bond donors (Lipinski definition) is 1. The van der Waals surface area contributed by atoms with Gasteiger partial charge in [-0.05, 0) is 49.8 Å². The maximum atomic E-state index is 3.66. The van der Waals surface area contributed by atoms with Crippen molar-refractivity contribution in [2.75, 3.05) is 24.5 Å². The van der Waals surface area contributed by atoms with Crippen LogP contribution in [0.1, 0.15) is 50.6 Å². The van der Waals surface area contributed by atoms with Crippen LogP contribution in [-0.2, 0) is 0 Å². The van der Waals surface area contributed by atoms with E-state index in [-0.39, 0.29) is 0 Å². The average Bonchev–Trinajstić information content (AvgIpc) is 2.55. The molecule has 1 N–H and O–H groups in total. The van der Waals surface area contributed by atoms with Gasteiger partial charge < -0.3 is 10.2 Å². The van der Waals surface area contributed by atoms with Crippen molar-refractivity contribution < 1.29 is 0 Å². The van der Waals surface area contributed by atoms with Gasteiger partial charge >= 0.3 is 0 Å². The lowest BCUT2D eigenvalue weighted by Gasteiger charge is -2.34. The summed E-state index contributed by atoms with van der Waals surface area (Å²) in [4.78, 5) is 2.65. The Morgan fingerprint density at radius 2 is 2.00 bits per heavy atom. The highest BCUT2D eigenvalue weighted by Crippen LogP contribution is 2.35. The van der Waals surface area contributed by atoms with Crippen LogP contribution in [0.15, 0.2) is 24.3 Å². The number of hydrogen-bond acceptors (Lipinski definition) is 2. The molecule has 104 valence electrons. The van der Waals surface area contributed by atoms with Crippen molar-refractivity contribution in [3.63, 3.8) is 0 Å². The van der Waals surface area contributed by atoms with Crippen LogP contribution in [0.25, 0.3) is 0 Å². The van der Waals surface area contributed by atoms with Gasteiger partial charge in [0, 0.05) is 24.8 Å². The second-order valence-electron chi connectivity index (χ2n) is 6.05. The van der Waals surface area contributed by atoms with Crippen molar-refractivity contribution in [3.8, 4) is 0 Å². The first-order valence-electron chi connectivity index (χ1n) is 7.95. The van der Waals surface area contributed by atoms with E-state index in [9.17, 15) is 0 Å². The molecule has 1 aliphatic carbocycles. The third kappa shape index (κ3) is 2.79. The summed E-state index contributed by atoms with van der Waals surface area (Å²) in [6, 6.07) is 9.58. The molecule has 1 atom stereocenters. The molecule has 1 aliphatic heterocycles. The van der Waals surface area contributed by atoms with Crippen LogP contribution >= 0.6 is 0 Å². The van der Waals surface area contributed by atoms with Gasteiger partial charge in [0.05, 0.1) is 0 Å². The number of fused-ring (bicyclic) bond motifs is 1. The standard InChI is InChI=1S/C17H26N2/c1-2-18-16-10-6-12-19(13-14-7-5-8-14)17-11-4-3-9-15(16)17/h3-4,9,11,14,16,18H,2,5-8,10,12-13H2,1H3. The second-order valence-corrected chi connectivity index (χ2v) is 6.05. The van der Waals surface area contributed by atoms with Crippen molar-refractivity contribution in [3.05, 3.63) is 29.8 Å². The molecule has 3 rings (SSSR count). The molecule has 1 unspecified atom stereocenters. The Kier molecular flexibility index (Phi) is 4.07. The summed E-state index contributed by atoms with van der Waals surface area (Å²) in [6.07, 6.45) is 6.90. The average molecular weight is 258 g/mol. The van der Waals surface area contributed by atoms with Crippen LogP contribution in [0.2, 0.25) is 0 Å². The minimum absolute atomic E-state index is 0.549. The Balaban J connectivity index is 1.83.